The van der Waals surface area contributed by atoms with E-state index in [2.05, 4.69) is 11.1 Å². The molecule has 0 saturated heterocycles. The van der Waals surface area contributed by atoms with E-state index in [-0.39, 0.29) is 12.5 Å². The number of aliphatic hydroxyl groups is 1. The molecule has 4 nitrogen and oxygen atoms in total. The van der Waals surface area contributed by atoms with Crippen molar-refractivity contribution in [2.24, 2.45) is 5.41 Å². The number of nitrogens with zero attached hydrogens (tertiary/aromatic N) is 1. The largest absolute Gasteiger partial charge is 0.395 e. The Bertz CT molecular complexity index is 613. The summed E-state index contributed by atoms with van der Waals surface area (Å²) in [6.45, 7) is 0.536. The van der Waals surface area contributed by atoms with E-state index in [0.29, 0.717) is 6.54 Å². The SMILES string of the molecule is CN(Cc1c[nH]c2ccccc12)C(=O)C1(CO)CC1. The van der Waals surface area contributed by atoms with Crippen molar-refractivity contribution < 1.29 is 9.90 Å². The highest BCUT2D eigenvalue weighted by Crippen LogP contribution is 2.46. The monoisotopic (exact) mass is 258 g/mol. The molecule has 2 aromatic rings. The van der Waals surface area contributed by atoms with Crippen molar-refractivity contribution in [2.75, 3.05) is 13.7 Å². The lowest BCUT2D eigenvalue weighted by atomic mass is 10.1. The molecule has 19 heavy (non-hydrogen) atoms. The Kier molecular flexibility index (Phi) is 2.82. The quantitative estimate of drug-likeness (QED) is 0.880. The molecule has 100 valence electrons. The molecule has 1 aromatic carbocycles. The maximum absolute atomic E-state index is 12.3. The Morgan fingerprint density at radius 1 is 1.42 bits per heavy atom. The number of aromatic nitrogens is 1. The zero-order valence-corrected chi connectivity index (χ0v) is 11.0. The lowest BCUT2D eigenvalue weighted by molar-refractivity contribution is -0.137. The van der Waals surface area contributed by atoms with Crippen LogP contribution < -0.4 is 0 Å². The van der Waals surface area contributed by atoms with E-state index in [1.54, 1.807) is 11.9 Å². The number of carbonyl (C=O) groups is 1. The van der Waals surface area contributed by atoms with E-state index in [1.807, 2.05) is 24.4 Å². The predicted octanol–water partition coefficient (Wildman–Crippen LogP) is 1.90. The predicted molar refractivity (Wildman–Crippen MR) is 73.5 cm³/mol. The van der Waals surface area contributed by atoms with Gasteiger partial charge >= 0.3 is 0 Å². The van der Waals surface area contributed by atoms with Crippen molar-refractivity contribution in [1.29, 1.82) is 0 Å². The van der Waals surface area contributed by atoms with Gasteiger partial charge in [-0.3, -0.25) is 4.79 Å². The molecule has 0 spiro atoms. The van der Waals surface area contributed by atoms with Crippen LogP contribution in [0.3, 0.4) is 0 Å². The molecule has 3 rings (SSSR count). The highest BCUT2D eigenvalue weighted by Gasteiger charge is 2.50. The number of para-hydroxylation sites is 1. The average molecular weight is 258 g/mol. The van der Waals surface area contributed by atoms with Gasteiger partial charge in [0.05, 0.1) is 12.0 Å². The van der Waals surface area contributed by atoms with E-state index in [9.17, 15) is 9.90 Å². The lowest BCUT2D eigenvalue weighted by Crippen LogP contribution is -2.35. The molecule has 0 atom stereocenters. The van der Waals surface area contributed by atoms with Crippen LogP contribution >= 0.6 is 0 Å². The summed E-state index contributed by atoms with van der Waals surface area (Å²) in [6, 6.07) is 8.06. The molecule has 2 N–H and O–H groups in total. The smallest absolute Gasteiger partial charge is 0.231 e. The molecule has 4 heteroatoms. The number of benzene rings is 1. The van der Waals surface area contributed by atoms with Gasteiger partial charge in [0, 0.05) is 30.7 Å². The normalized spacial score (nSPS) is 16.5. The first kappa shape index (κ1) is 12.2. The Hall–Kier alpha value is -1.81. The molecule has 0 radical (unpaired) electrons. The van der Waals surface area contributed by atoms with Gasteiger partial charge in [0.25, 0.3) is 0 Å². The van der Waals surface area contributed by atoms with Gasteiger partial charge in [-0.1, -0.05) is 18.2 Å². The van der Waals surface area contributed by atoms with Crippen molar-refractivity contribution >= 4 is 16.8 Å². The fourth-order valence-corrected chi connectivity index (χ4v) is 2.59. The van der Waals surface area contributed by atoms with E-state index in [0.717, 1.165) is 29.3 Å². The molecule has 0 aliphatic heterocycles. The van der Waals surface area contributed by atoms with Gasteiger partial charge < -0.3 is 15.0 Å². The lowest BCUT2D eigenvalue weighted by Gasteiger charge is -2.22. The van der Waals surface area contributed by atoms with Gasteiger partial charge in [-0.15, -0.1) is 0 Å². The summed E-state index contributed by atoms with van der Waals surface area (Å²) in [4.78, 5) is 17.2. The van der Waals surface area contributed by atoms with E-state index in [4.69, 9.17) is 0 Å². The highest BCUT2D eigenvalue weighted by molar-refractivity contribution is 5.87. The third-order valence-corrected chi connectivity index (χ3v) is 4.04. The second-order valence-corrected chi connectivity index (χ2v) is 5.46. The average Bonchev–Trinajstić information content (AvgIpc) is 3.15. The van der Waals surface area contributed by atoms with Crippen LogP contribution in [0.4, 0.5) is 0 Å². The first-order chi connectivity index (χ1) is 9.16. The molecule has 1 heterocycles. The number of H-pyrrole nitrogens is 1. The number of amides is 1. The third kappa shape index (κ3) is 2.02. The Morgan fingerprint density at radius 3 is 2.84 bits per heavy atom. The summed E-state index contributed by atoms with van der Waals surface area (Å²) < 4.78 is 0. The standard InChI is InChI=1S/C15H18N2O2/c1-17(14(19)15(10-18)6-7-15)9-11-8-16-13-5-3-2-4-12(11)13/h2-5,8,16,18H,6-7,9-10H2,1H3. The fraction of sp³-hybridized carbons (Fsp3) is 0.400. The molecular weight excluding hydrogens is 240 g/mol. The molecule has 1 amide bonds. The van der Waals surface area contributed by atoms with Crippen LogP contribution in [0.15, 0.2) is 30.5 Å². The number of hydrogen-bond donors (Lipinski definition) is 2. The Balaban J connectivity index is 1.79. The summed E-state index contributed by atoms with van der Waals surface area (Å²) in [6.07, 6.45) is 3.56. The zero-order chi connectivity index (χ0) is 13.5. The number of aromatic amines is 1. The second-order valence-electron chi connectivity index (χ2n) is 5.46. The van der Waals surface area contributed by atoms with Gasteiger partial charge in [0.1, 0.15) is 0 Å². The topological polar surface area (TPSA) is 56.3 Å². The third-order valence-electron chi connectivity index (χ3n) is 4.04. The van der Waals surface area contributed by atoms with Crippen LogP contribution in [-0.2, 0) is 11.3 Å². The molecule has 1 aromatic heterocycles. The van der Waals surface area contributed by atoms with Crippen molar-refractivity contribution in [1.82, 2.24) is 9.88 Å². The van der Waals surface area contributed by atoms with Crippen molar-refractivity contribution in [3.8, 4) is 0 Å². The van der Waals surface area contributed by atoms with Crippen molar-refractivity contribution in [3.63, 3.8) is 0 Å². The van der Waals surface area contributed by atoms with E-state index in [1.165, 1.54) is 0 Å². The molecule has 1 fully saturated rings. The Morgan fingerprint density at radius 2 is 2.16 bits per heavy atom. The van der Waals surface area contributed by atoms with E-state index < -0.39 is 5.41 Å². The van der Waals surface area contributed by atoms with Crippen molar-refractivity contribution in [3.05, 3.63) is 36.0 Å². The molecular formula is C15H18N2O2. The summed E-state index contributed by atoms with van der Waals surface area (Å²) in [5.41, 5.74) is 1.71. The van der Waals surface area contributed by atoms with E-state index >= 15 is 0 Å². The minimum atomic E-state index is -0.485. The minimum absolute atomic E-state index is 0.0376. The van der Waals surface area contributed by atoms with Crippen LogP contribution in [0, 0.1) is 5.41 Å². The minimum Gasteiger partial charge on any atom is -0.395 e. The maximum atomic E-state index is 12.3. The molecule has 1 aliphatic rings. The highest BCUT2D eigenvalue weighted by atomic mass is 16.3. The number of hydrogen-bond acceptors (Lipinski definition) is 2. The van der Waals surface area contributed by atoms with Crippen molar-refractivity contribution in [2.45, 2.75) is 19.4 Å². The maximum Gasteiger partial charge on any atom is 0.231 e. The van der Waals surface area contributed by atoms with Gasteiger partial charge in [-0.05, 0) is 24.5 Å². The van der Waals surface area contributed by atoms with Crippen LogP contribution in [0.2, 0.25) is 0 Å². The molecule has 0 unspecified atom stereocenters. The zero-order valence-electron chi connectivity index (χ0n) is 11.0. The summed E-state index contributed by atoms with van der Waals surface area (Å²) >= 11 is 0. The number of rotatable bonds is 4. The second kappa shape index (κ2) is 4.38. The molecule has 1 saturated carbocycles. The fourth-order valence-electron chi connectivity index (χ4n) is 2.59. The first-order valence-electron chi connectivity index (χ1n) is 6.58. The van der Waals surface area contributed by atoms with Crippen LogP contribution in [-0.4, -0.2) is 34.6 Å². The van der Waals surface area contributed by atoms with Crippen LogP contribution in [0.1, 0.15) is 18.4 Å². The molecule has 0 bridgehead atoms. The number of fused-ring (bicyclic) bond motifs is 1. The van der Waals surface area contributed by atoms with Gasteiger partial charge in [-0.2, -0.15) is 0 Å². The van der Waals surface area contributed by atoms with Gasteiger partial charge in [0.15, 0.2) is 0 Å². The van der Waals surface area contributed by atoms with Crippen LogP contribution in [0.5, 0.6) is 0 Å². The number of carbonyl (C=O) groups excluding carboxylic acids is 1. The molecule has 1 aliphatic carbocycles. The van der Waals surface area contributed by atoms with Crippen LogP contribution in [0.25, 0.3) is 10.9 Å². The summed E-state index contributed by atoms with van der Waals surface area (Å²) in [7, 11) is 1.81. The first-order valence-corrected chi connectivity index (χ1v) is 6.58. The van der Waals surface area contributed by atoms with Gasteiger partial charge in [-0.25, -0.2) is 0 Å². The summed E-state index contributed by atoms with van der Waals surface area (Å²) in [5, 5.41) is 10.5. The Labute approximate surface area is 112 Å². The van der Waals surface area contributed by atoms with Gasteiger partial charge in [0.2, 0.25) is 5.91 Å². The number of nitrogens with one attached hydrogen (secondary N) is 1. The summed E-state index contributed by atoms with van der Waals surface area (Å²) in [5.74, 6) is 0.0558. The number of aliphatic hydroxyl groups excluding tert-OH is 1.